The molecule has 1 unspecified atom stereocenters. The smallest absolute Gasteiger partial charge is 0.176 e. The molecule has 2 aromatic heterocycles. The number of likely N-dealkylation sites (tertiary alicyclic amines) is 2. The molecule has 2 aromatic carbocycles. The molecule has 0 aliphatic carbocycles. The van der Waals surface area contributed by atoms with Crippen molar-refractivity contribution in [1.82, 2.24) is 19.5 Å². The minimum atomic E-state index is -1.34. The number of H-pyrrole nitrogens is 1. The van der Waals surface area contributed by atoms with Gasteiger partial charge in [0.1, 0.15) is 28.4 Å². The molecule has 4 heterocycles. The number of para-hydroxylation sites is 1. The number of rotatable bonds is 10. The normalized spacial score (nSPS) is 21.9. The van der Waals surface area contributed by atoms with Crippen molar-refractivity contribution in [1.29, 1.82) is 0 Å². The van der Waals surface area contributed by atoms with Gasteiger partial charge in [0.05, 0.1) is 25.0 Å². The number of ether oxygens (including phenoxy) is 2. The van der Waals surface area contributed by atoms with E-state index in [0.29, 0.717) is 28.9 Å². The Morgan fingerprint density at radius 3 is 2.61 bits per heavy atom. The maximum atomic E-state index is 13.3. The van der Waals surface area contributed by atoms with Crippen molar-refractivity contribution in [3.63, 3.8) is 0 Å². The average molecular weight is 581 g/mol. The Bertz CT molecular complexity index is 1490. The molecule has 2 aliphatic heterocycles. The number of furan rings is 1. The minimum Gasteiger partial charge on any atom is -0.493 e. The van der Waals surface area contributed by atoms with E-state index in [-0.39, 0.29) is 12.1 Å². The molecule has 2 aliphatic rings. The van der Waals surface area contributed by atoms with Crippen LogP contribution in [0.4, 0.5) is 0 Å². The quantitative estimate of drug-likeness (QED) is 0.257. The van der Waals surface area contributed by atoms with E-state index in [4.69, 9.17) is 13.9 Å². The molecule has 4 aromatic rings. The second kappa shape index (κ2) is 12.5. The molecule has 0 amide bonds. The summed E-state index contributed by atoms with van der Waals surface area (Å²) in [5, 5.41) is 12.5. The van der Waals surface area contributed by atoms with Gasteiger partial charge in [-0.3, -0.25) is 0 Å². The number of nitrogens with one attached hydrogen (secondary N) is 2. The van der Waals surface area contributed by atoms with E-state index >= 15 is 0 Å². The predicted molar refractivity (Wildman–Crippen MR) is 161 cm³/mol. The number of hydrogen-bond acceptors (Lipinski definition) is 7. The average Bonchev–Trinajstić information content (AvgIpc) is 3.62. The summed E-state index contributed by atoms with van der Waals surface area (Å²) >= 11 is 0. The maximum absolute atomic E-state index is 13.3. The Kier molecular flexibility index (Phi) is 8.64. The molecule has 0 radical (unpaired) electrons. The van der Waals surface area contributed by atoms with Gasteiger partial charge < -0.3 is 33.8 Å². The van der Waals surface area contributed by atoms with Crippen LogP contribution >= 0.6 is 0 Å². The fraction of sp³-hybridized carbons (Fsp3) is 0.484. The van der Waals surface area contributed by atoms with Crippen molar-refractivity contribution in [2.24, 2.45) is 5.92 Å². The fourth-order valence-corrected chi connectivity index (χ4v) is 7.13. The van der Waals surface area contributed by atoms with Crippen molar-refractivity contribution in [2.75, 3.05) is 46.4 Å². The zero-order valence-electron chi connectivity index (χ0n) is 23.8. The summed E-state index contributed by atoms with van der Waals surface area (Å²) in [5.74, 6) is 1.77. The number of methoxy groups -OCH3 is 1. The van der Waals surface area contributed by atoms with Crippen LogP contribution in [0.2, 0.25) is 0 Å². The summed E-state index contributed by atoms with van der Waals surface area (Å²) < 4.78 is 34.0. The van der Waals surface area contributed by atoms with E-state index in [1.807, 2.05) is 42.5 Å². The van der Waals surface area contributed by atoms with Crippen LogP contribution in [-0.4, -0.2) is 82.6 Å². The van der Waals surface area contributed by atoms with Gasteiger partial charge in [0.25, 0.3) is 0 Å². The van der Waals surface area contributed by atoms with Crippen LogP contribution in [-0.2, 0) is 17.6 Å². The predicted octanol–water partition coefficient (Wildman–Crippen LogP) is 4.28. The Morgan fingerprint density at radius 1 is 1.05 bits per heavy atom. The van der Waals surface area contributed by atoms with Gasteiger partial charge in [0.15, 0.2) is 11.3 Å². The summed E-state index contributed by atoms with van der Waals surface area (Å²) in [6.07, 6.45) is 4.37. The topological polar surface area (TPSA) is 103 Å². The van der Waals surface area contributed by atoms with Gasteiger partial charge in [-0.1, -0.05) is 25.1 Å². The van der Waals surface area contributed by atoms with Crippen LogP contribution in [0.3, 0.4) is 0 Å². The Labute approximate surface area is 243 Å². The number of piperidine rings is 2. The van der Waals surface area contributed by atoms with Crippen LogP contribution < -0.4 is 14.2 Å². The second-order valence-electron chi connectivity index (χ2n) is 11.4. The number of aromatic amines is 1. The molecule has 2 fully saturated rings. The first-order valence-electron chi connectivity index (χ1n) is 14.6. The molecule has 6 rings (SSSR count). The van der Waals surface area contributed by atoms with Gasteiger partial charge in [-0.05, 0) is 62.5 Å². The molecule has 2 saturated heterocycles. The maximum Gasteiger partial charge on any atom is 0.176 e. The number of aliphatic hydroxyl groups excluding tert-OH is 1. The summed E-state index contributed by atoms with van der Waals surface area (Å²) in [6.45, 7) is 8.53. The summed E-state index contributed by atoms with van der Waals surface area (Å²) in [6, 6.07) is 13.8. The monoisotopic (exact) mass is 580 g/mol. The van der Waals surface area contributed by atoms with E-state index < -0.39 is 11.0 Å². The summed E-state index contributed by atoms with van der Waals surface area (Å²) in [7, 11) is 0.285. The molecule has 0 spiro atoms. The SMILES string of the molecule is COc1cccc2c(COc3cccc4[nH]c(S(=O)NC5CCN(CCN6CC[C@H](O)[C@@H](C)C6)CC5)cc34)coc12. The van der Waals surface area contributed by atoms with Crippen molar-refractivity contribution in [3.8, 4) is 11.5 Å². The van der Waals surface area contributed by atoms with Crippen molar-refractivity contribution < 1.29 is 23.2 Å². The van der Waals surface area contributed by atoms with Gasteiger partial charge in [0, 0.05) is 48.6 Å². The molecular weight excluding hydrogens is 540 g/mol. The number of nitrogens with zero attached hydrogens (tertiary/aromatic N) is 2. The molecule has 9 nitrogen and oxygen atoms in total. The van der Waals surface area contributed by atoms with Crippen LogP contribution in [0, 0.1) is 5.92 Å². The zero-order chi connectivity index (χ0) is 28.3. The van der Waals surface area contributed by atoms with Crippen molar-refractivity contribution in [2.45, 2.75) is 50.0 Å². The number of fused-ring (bicyclic) bond motifs is 2. The summed E-state index contributed by atoms with van der Waals surface area (Å²) in [4.78, 5) is 8.30. The lowest BCUT2D eigenvalue weighted by Gasteiger charge is -2.37. The van der Waals surface area contributed by atoms with E-state index in [2.05, 4.69) is 26.4 Å². The van der Waals surface area contributed by atoms with E-state index in [1.54, 1.807) is 13.4 Å². The summed E-state index contributed by atoms with van der Waals surface area (Å²) in [5.41, 5.74) is 2.54. The third-order valence-corrected chi connectivity index (χ3v) is 9.75. The van der Waals surface area contributed by atoms with Gasteiger partial charge >= 0.3 is 0 Å². The first-order chi connectivity index (χ1) is 20.0. The van der Waals surface area contributed by atoms with Gasteiger partial charge in [-0.2, -0.15) is 0 Å². The first-order valence-corrected chi connectivity index (χ1v) is 15.7. The van der Waals surface area contributed by atoms with Crippen LogP contribution in [0.15, 0.2) is 58.2 Å². The first kappa shape index (κ1) is 28.2. The highest BCUT2D eigenvalue weighted by Gasteiger charge is 2.26. The van der Waals surface area contributed by atoms with E-state index in [1.165, 1.54) is 0 Å². The van der Waals surface area contributed by atoms with Crippen LogP contribution in [0.5, 0.6) is 11.5 Å². The highest BCUT2D eigenvalue weighted by Crippen LogP contribution is 2.32. The highest BCUT2D eigenvalue weighted by atomic mass is 32.2. The Morgan fingerprint density at radius 2 is 1.80 bits per heavy atom. The van der Waals surface area contributed by atoms with Crippen LogP contribution in [0.1, 0.15) is 31.7 Å². The number of aliphatic hydroxyl groups is 1. The number of aromatic nitrogens is 1. The molecule has 0 saturated carbocycles. The fourth-order valence-electron chi connectivity index (χ4n) is 6.03. The van der Waals surface area contributed by atoms with E-state index in [9.17, 15) is 9.32 Å². The Hall–Kier alpha value is -2.89. The third kappa shape index (κ3) is 6.32. The molecule has 41 heavy (non-hydrogen) atoms. The van der Waals surface area contributed by atoms with Gasteiger partial charge in [-0.25, -0.2) is 8.93 Å². The third-order valence-electron chi connectivity index (χ3n) is 8.58. The van der Waals surface area contributed by atoms with Crippen LogP contribution in [0.25, 0.3) is 21.9 Å². The molecule has 3 N–H and O–H groups in total. The van der Waals surface area contributed by atoms with Gasteiger partial charge in [0.2, 0.25) is 0 Å². The van der Waals surface area contributed by atoms with E-state index in [0.717, 1.165) is 86.1 Å². The van der Waals surface area contributed by atoms with Crippen molar-refractivity contribution in [3.05, 3.63) is 54.3 Å². The lowest BCUT2D eigenvalue weighted by Crippen LogP contribution is -2.48. The second-order valence-corrected chi connectivity index (χ2v) is 12.6. The molecular formula is C31H40N4O5S. The molecule has 220 valence electrons. The lowest BCUT2D eigenvalue weighted by molar-refractivity contribution is 0.0303. The van der Waals surface area contributed by atoms with Crippen molar-refractivity contribution >= 4 is 32.9 Å². The minimum absolute atomic E-state index is 0.154. The molecule has 3 atom stereocenters. The number of hydrogen-bond donors (Lipinski definition) is 3. The lowest BCUT2D eigenvalue weighted by atomic mass is 9.97. The molecule has 10 heteroatoms. The standard InChI is InChI=1S/C31H40N4O5S/c1-21-18-35(14-11-27(21)36)16-15-34-12-9-23(10-13-34)33-41(37)30-17-25-26(32-30)6-4-7-28(25)39-19-22-20-40-31-24(22)5-3-8-29(31)38-2/h3-8,17,20-21,23,27,32-33,36H,9-16,18-19H2,1-2H3/t21-,27-,41?/m0/s1. The zero-order valence-corrected chi connectivity index (χ0v) is 24.6. The Balaban J connectivity index is 1.02. The van der Waals surface area contributed by atoms with Gasteiger partial charge in [-0.15, -0.1) is 0 Å². The highest BCUT2D eigenvalue weighted by molar-refractivity contribution is 7.83. The molecule has 0 bridgehead atoms. The largest absolute Gasteiger partial charge is 0.493 e. The number of benzene rings is 2.